The smallest absolute Gasteiger partial charge is 0.387 e. The summed E-state index contributed by atoms with van der Waals surface area (Å²) in [4.78, 5) is 34.4. The molecule has 15 nitrogen and oxygen atoms in total. The first-order valence-electron chi connectivity index (χ1n) is 8.46. The second kappa shape index (κ2) is 8.19. The summed E-state index contributed by atoms with van der Waals surface area (Å²) in [6, 6.07) is 0. The minimum Gasteiger partial charge on any atom is -0.387 e. The minimum absolute atomic E-state index is 0.00305. The molecule has 5 unspecified atom stereocenters. The molecule has 2 saturated heterocycles. The highest BCUT2D eigenvalue weighted by Gasteiger charge is 2.53. The molecule has 3 heterocycles. The lowest BCUT2D eigenvalue weighted by Crippen LogP contribution is -2.36. The Bertz CT molecular complexity index is 1000. The van der Waals surface area contributed by atoms with Gasteiger partial charge in [-0.05, 0) is 6.42 Å². The Balaban J connectivity index is 1.77. The van der Waals surface area contributed by atoms with Crippen LogP contribution < -0.4 is 11.4 Å². The molecule has 2 aliphatic rings. The maximum Gasteiger partial charge on any atom is 0.486 e. The average molecular weight is 491 g/mol. The second-order valence-electron chi connectivity index (χ2n) is 6.56. The summed E-state index contributed by atoms with van der Waals surface area (Å²) >= 11 is 0. The van der Waals surface area contributed by atoms with E-state index in [1.165, 1.54) is 6.20 Å². The fourth-order valence-corrected chi connectivity index (χ4v) is 9.85. The van der Waals surface area contributed by atoms with Crippen molar-refractivity contribution in [2.75, 3.05) is 18.2 Å². The van der Waals surface area contributed by atoms with Gasteiger partial charge in [0.15, 0.2) is 12.1 Å². The van der Waals surface area contributed by atoms with E-state index in [2.05, 4.69) is 13.6 Å². The van der Waals surface area contributed by atoms with Crippen LogP contribution in [-0.2, 0) is 38.0 Å². The molecule has 0 amide bonds. The summed E-state index contributed by atoms with van der Waals surface area (Å²) in [5, 5.41) is 20.5. The number of ether oxygens (including phenoxy) is 1. The molecule has 0 radical (unpaired) electrons. The van der Waals surface area contributed by atoms with Gasteiger partial charge >= 0.3 is 28.7 Å². The van der Waals surface area contributed by atoms with Crippen LogP contribution in [0, 0.1) is 0 Å². The topological polar surface area (TPSA) is 230 Å². The summed E-state index contributed by atoms with van der Waals surface area (Å²) in [5.74, 6) is -1.20. The van der Waals surface area contributed by atoms with Gasteiger partial charge < -0.3 is 35.0 Å². The van der Waals surface area contributed by atoms with Crippen LogP contribution in [0.5, 0.6) is 0 Å². The van der Waals surface area contributed by atoms with E-state index in [-0.39, 0.29) is 5.82 Å². The molecule has 1 aromatic rings. The predicted octanol–water partition coefficient (Wildman–Crippen LogP) is -0.493. The molecule has 0 spiro atoms. The third kappa shape index (κ3) is 4.93. The molecule has 2 aliphatic heterocycles. The zero-order valence-corrected chi connectivity index (χ0v) is 18.1. The molecule has 7 atom stereocenters. The molecular weight excluding hydrogens is 471 g/mol. The average Bonchev–Trinajstić information content (AvgIpc) is 2.85. The number of phosphoric acid groups is 1. The molecule has 18 heteroatoms. The van der Waals surface area contributed by atoms with Crippen molar-refractivity contribution in [1.82, 2.24) is 9.55 Å². The van der Waals surface area contributed by atoms with E-state index in [0.29, 0.717) is 12.0 Å². The Morgan fingerprint density at radius 2 is 1.93 bits per heavy atom. The zero-order valence-electron chi connectivity index (χ0n) is 15.4. The van der Waals surface area contributed by atoms with E-state index < -0.39 is 65.8 Å². The quantitative estimate of drug-likeness (QED) is 0.327. The van der Waals surface area contributed by atoms with E-state index >= 15 is 0 Å². The first kappa shape index (κ1) is 23.7. The number of anilines is 1. The first-order valence-corrected chi connectivity index (χ1v) is 13.4. The van der Waals surface area contributed by atoms with Gasteiger partial charge in [0, 0.05) is 11.8 Å². The van der Waals surface area contributed by atoms with Gasteiger partial charge in [0.1, 0.15) is 24.1 Å². The standard InChI is InChI=1S/C12H20N3O12P3/c1-2-6-3-15(12(18)14-10(6)13)11-9(17)8(16)7(25-11)4-24-29(21)5-28(19,20)26-30(22,23)27-29/h3,7-9,11,16-17H,2,4-5H2,1H3,(H,19,20)(H,22,23)(H2,13,14,18)/t7-,8?,9?,11-,29?/m1/s1. The molecule has 0 bridgehead atoms. The van der Waals surface area contributed by atoms with Crippen LogP contribution in [0.3, 0.4) is 0 Å². The van der Waals surface area contributed by atoms with Crippen molar-refractivity contribution in [3.05, 3.63) is 22.2 Å². The normalized spacial score (nSPS) is 41.8. The zero-order chi connectivity index (χ0) is 22.5. The van der Waals surface area contributed by atoms with Crippen molar-refractivity contribution in [2.45, 2.75) is 37.9 Å². The highest BCUT2D eigenvalue weighted by atomic mass is 31.3. The third-order valence-electron chi connectivity index (χ3n) is 4.30. The summed E-state index contributed by atoms with van der Waals surface area (Å²) in [7, 11) is -14.5. The van der Waals surface area contributed by atoms with Crippen LogP contribution in [0.15, 0.2) is 11.0 Å². The number of nitrogens with two attached hydrogens (primary N) is 1. The van der Waals surface area contributed by atoms with Crippen molar-refractivity contribution >= 4 is 28.8 Å². The molecule has 3 rings (SSSR count). The monoisotopic (exact) mass is 491 g/mol. The van der Waals surface area contributed by atoms with Gasteiger partial charge in [-0.3, -0.25) is 13.7 Å². The molecule has 0 saturated carbocycles. The summed E-state index contributed by atoms with van der Waals surface area (Å²) in [6.45, 7) is 0.981. The SMILES string of the molecule is CCc1cn([C@@H]2O[C@H](COP3(=O)CP(=O)(O)OP(=O)(O)O3)C(O)C2O)c(=O)nc1N. The van der Waals surface area contributed by atoms with Gasteiger partial charge in [0.2, 0.25) is 0 Å². The maximum atomic E-state index is 12.5. The first-order chi connectivity index (χ1) is 13.8. The van der Waals surface area contributed by atoms with E-state index in [4.69, 9.17) is 15.0 Å². The number of hydrogen-bond acceptors (Lipinski definition) is 12. The van der Waals surface area contributed by atoms with Crippen LogP contribution in [0.1, 0.15) is 18.7 Å². The van der Waals surface area contributed by atoms with Gasteiger partial charge in [-0.2, -0.15) is 4.98 Å². The fourth-order valence-electron chi connectivity index (χ4n) is 2.93. The number of aliphatic hydroxyl groups excluding tert-OH is 2. The van der Waals surface area contributed by atoms with Crippen molar-refractivity contribution in [3.63, 3.8) is 0 Å². The van der Waals surface area contributed by atoms with E-state index in [0.717, 1.165) is 4.57 Å². The Kier molecular flexibility index (Phi) is 6.47. The van der Waals surface area contributed by atoms with Crippen molar-refractivity contribution in [1.29, 1.82) is 0 Å². The summed E-state index contributed by atoms with van der Waals surface area (Å²) < 4.78 is 55.1. The van der Waals surface area contributed by atoms with Crippen molar-refractivity contribution < 1.29 is 51.6 Å². The van der Waals surface area contributed by atoms with Crippen LogP contribution in [0.4, 0.5) is 5.82 Å². The van der Waals surface area contributed by atoms with Crippen LogP contribution in [-0.4, -0.2) is 60.4 Å². The Hall–Kier alpha value is -0.950. The molecular formula is C12H20N3O12P3. The highest BCUT2D eigenvalue weighted by molar-refractivity contribution is 7.81. The molecule has 1 aromatic heterocycles. The van der Waals surface area contributed by atoms with Crippen LogP contribution in [0.2, 0.25) is 0 Å². The van der Waals surface area contributed by atoms with Crippen LogP contribution in [0.25, 0.3) is 0 Å². The molecule has 0 aliphatic carbocycles. The number of rotatable bonds is 5. The number of nitrogen functional groups attached to an aromatic ring is 1. The number of aliphatic hydroxyl groups is 2. The largest absolute Gasteiger partial charge is 0.486 e. The number of aryl methyl sites for hydroxylation is 1. The molecule has 30 heavy (non-hydrogen) atoms. The van der Waals surface area contributed by atoms with Crippen LogP contribution >= 0.6 is 23.0 Å². The molecule has 0 aromatic carbocycles. The second-order valence-corrected chi connectivity index (χ2v) is 12.7. The summed E-state index contributed by atoms with van der Waals surface area (Å²) in [5.41, 5.74) is 5.27. The van der Waals surface area contributed by atoms with Crippen molar-refractivity contribution in [2.24, 2.45) is 0 Å². The predicted molar refractivity (Wildman–Crippen MR) is 98.5 cm³/mol. The van der Waals surface area contributed by atoms with E-state index in [1.807, 2.05) is 0 Å². The molecule has 6 N–H and O–H groups in total. The minimum atomic E-state index is -5.12. The van der Waals surface area contributed by atoms with Crippen molar-refractivity contribution in [3.8, 4) is 0 Å². The highest BCUT2D eigenvalue weighted by Crippen LogP contribution is 2.78. The lowest BCUT2D eigenvalue weighted by atomic mass is 10.1. The van der Waals surface area contributed by atoms with Gasteiger partial charge in [-0.1, -0.05) is 6.92 Å². The molecule has 2 fully saturated rings. The molecule has 170 valence electrons. The lowest BCUT2D eigenvalue weighted by Gasteiger charge is -2.28. The third-order valence-corrected chi connectivity index (χ3v) is 11.3. The Morgan fingerprint density at radius 1 is 1.27 bits per heavy atom. The van der Waals surface area contributed by atoms with E-state index in [9.17, 15) is 38.5 Å². The maximum absolute atomic E-state index is 12.5. The van der Waals surface area contributed by atoms with E-state index in [1.54, 1.807) is 6.92 Å². The number of aromatic nitrogens is 2. The van der Waals surface area contributed by atoms with Gasteiger partial charge in [0.25, 0.3) is 0 Å². The fraction of sp³-hybridized carbons (Fsp3) is 0.667. The number of hydrogen-bond donors (Lipinski definition) is 5. The van der Waals surface area contributed by atoms with Gasteiger partial charge in [-0.25, -0.2) is 18.0 Å². The Labute approximate surface area is 169 Å². The van der Waals surface area contributed by atoms with Gasteiger partial charge in [-0.15, -0.1) is 0 Å². The number of nitrogens with zero attached hydrogens (tertiary/aromatic N) is 2. The Morgan fingerprint density at radius 3 is 2.53 bits per heavy atom. The van der Waals surface area contributed by atoms with Gasteiger partial charge in [0.05, 0.1) is 6.61 Å². The lowest BCUT2D eigenvalue weighted by molar-refractivity contribution is -0.0525. The summed E-state index contributed by atoms with van der Waals surface area (Å²) in [6.07, 6.45) is -4.32.